The molecule has 0 saturated carbocycles. The highest BCUT2D eigenvalue weighted by atomic mass is 31.1. The molecule has 1 aliphatic rings. The first kappa shape index (κ1) is 22.4. The van der Waals surface area contributed by atoms with Crippen molar-refractivity contribution in [2.24, 2.45) is 5.73 Å². The molecule has 2 atom stereocenters. The van der Waals surface area contributed by atoms with Crippen LogP contribution in [-0.2, 0) is 4.57 Å². The number of carbonyl (C=O) groups is 1. The summed E-state index contributed by atoms with van der Waals surface area (Å²) >= 11 is 0. The van der Waals surface area contributed by atoms with Crippen LogP contribution in [0.5, 0.6) is 5.75 Å². The number of hydrogen-bond donors (Lipinski definition) is 2. The summed E-state index contributed by atoms with van der Waals surface area (Å²) in [5.74, 6) is -0.766. The number of anilines is 1. The number of fused-ring (bicyclic) bond motifs is 4. The Morgan fingerprint density at radius 1 is 1.29 bits per heavy atom. The number of hydrogen-bond acceptors (Lipinski definition) is 8. The molecule has 0 saturated heterocycles. The summed E-state index contributed by atoms with van der Waals surface area (Å²) < 4.78 is 22.3. The van der Waals surface area contributed by atoms with Gasteiger partial charge in [0, 0.05) is 52.5 Å². The highest BCUT2D eigenvalue weighted by molar-refractivity contribution is 7.32. The number of non-ortho nitro benzene ring substituents is 1. The molecule has 4 aromatic rings. The second-order valence-corrected chi connectivity index (χ2v) is 8.61. The largest absolute Gasteiger partial charge is 0.747 e. The molecule has 0 aliphatic carbocycles. The van der Waals surface area contributed by atoms with Gasteiger partial charge in [-0.2, -0.15) is 5.26 Å². The van der Waals surface area contributed by atoms with Gasteiger partial charge in [-0.3, -0.25) is 14.9 Å². The molecule has 3 aromatic carbocycles. The molecule has 11 nitrogen and oxygen atoms in total. The highest BCUT2D eigenvalue weighted by Crippen LogP contribution is 2.47. The third-order valence-electron chi connectivity index (χ3n) is 5.98. The van der Waals surface area contributed by atoms with Crippen molar-refractivity contribution in [3.05, 3.63) is 75.5 Å². The van der Waals surface area contributed by atoms with E-state index in [1.807, 2.05) is 0 Å². The Bertz CT molecular complexity index is 1610. The van der Waals surface area contributed by atoms with Gasteiger partial charge < -0.3 is 15.1 Å². The van der Waals surface area contributed by atoms with Crippen LogP contribution in [0.2, 0.25) is 0 Å². The first-order chi connectivity index (χ1) is 16.8. The lowest BCUT2D eigenvalue weighted by Crippen LogP contribution is -2.30. The maximum absolute atomic E-state index is 13.5. The van der Waals surface area contributed by atoms with Gasteiger partial charge in [0.2, 0.25) is 0 Å². The molecule has 1 aromatic heterocycles. The monoisotopic (exact) mass is 491 g/mol. The first-order valence-electron chi connectivity index (χ1n) is 10.4. The molecule has 35 heavy (non-hydrogen) atoms. The number of carbonyl (C=O) groups excluding carboxylic acids is 1. The Labute approximate surface area is 198 Å². The van der Waals surface area contributed by atoms with Crippen LogP contribution in [0.25, 0.3) is 21.7 Å². The third-order valence-corrected chi connectivity index (χ3v) is 6.33. The van der Waals surface area contributed by atoms with E-state index in [1.54, 1.807) is 18.2 Å². The van der Waals surface area contributed by atoms with E-state index >= 15 is 0 Å². The number of furan rings is 1. The molecule has 0 radical (unpaired) electrons. The second-order valence-electron chi connectivity index (χ2n) is 7.95. The molecule has 2 heterocycles. The number of benzene rings is 3. The number of nitrogens with two attached hydrogens (primary N) is 1. The predicted molar refractivity (Wildman–Crippen MR) is 125 cm³/mol. The zero-order valence-electron chi connectivity index (χ0n) is 17.9. The van der Waals surface area contributed by atoms with Gasteiger partial charge in [-0.05, 0) is 41.3 Å². The summed E-state index contributed by atoms with van der Waals surface area (Å²) in [4.78, 5) is 34.9. The predicted octanol–water partition coefficient (Wildman–Crippen LogP) is 4.10. The summed E-state index contributed by atoms with van der Waals surface area (Å²) in [7, 11) is -3.00. The maximum Gasteiger partial charge on any atom is 0.747 e. The molecule has 0 fully saturated rings. The average Bonchev–Trinajstić information content (AvgIpc) is 3.44. The number of amides is 1. The fourth-order valence-corrected chi connectivity index (χ4v) is 4.78. The second kappa shape index (κ2) is 8.45. The SMILES string of the molecule is N#Cc1ccc2c(O[P+](=O)O)cc3c(c2c1)C(CN)CN3C(=O)c1cc2cc([N+](=O)[O-])ccc2o1. The lowest BCUT2D eigenvalue weighted by atomic mass is 9.93. The lowest BCUT2D eigenvalue weighted by Gasteiger charge is -2.17. The van der Waals surface area contributed by atoms with Gasteiger partial charge in [0.25, 0.3) is 11.6 Å². The molecular weight excluding hydrogens is 475 g/mol. The Hall–Kier alpha value is -4.36. The van der Waals surface area contributed by atoms with Crippen LogP contribution < -0.4 is 15.2 Å². The summed E-state index contributed by atoms with van der Waals surface area (Å²) in [5.41, 5.74) is 7.69. The average molecular weight is 491 g/mol. The minimum Gasteiger partial charge on any atom is -0.451 e. The molecule has 0 spiro atoms. The van der Waals surface area contributed by atoms with Gasteiger partial charge in [-0.15, -0.1) is 4.89 Å². The lowest BCUT2D eigenvalue weighted by molar-refractivity contribution is -0.384. The van der Waals surface area contributed by atoms with Crippen LogP contribution in [0.1, 0.15) is 27.6 Å². The molecule has 1 aliphatic heterocycles. The number of nitro groups is 1. The van der Waals surface area contributed by atoms with Gasteiger partial charge in [0.15, 0.2) is 11.5 Å². The standard InChI is InChI=1S/C23H15N4O7P/c24-9-12-1-3-16-17(5-12)22-14(10-25)11-26(18(22)8-20(16)34-35(31)32)23(28)21-7-13-6-15(27(29)30)2-4-19(13)33-21/h1-8,14H,10-11,25H2/p+1. The number of nitro benzene ring substituents is 1. The summed E-state index contributed by atoms with van der Waals surface area (Å²) in [6, 6.07) is 13.8. The van der Waals surface area contributed by atoms with Crippen molar-refractivity contribution in [1.29, 1.82) is 5.26 Å². The van der Waals surface area contributed by atoms with Crippen LogP contribution in [0.4, 0.5) is 11.4 Å². The van der Waals surface area contributed by atoms with Gasteiger partial charge in [-0.1, -0.05) is 0 Å². The van der Waals surface area contributed by atoms with E-state index < -0.39 is 19.1 Å². The van der Waals surface area contributed by atoms with Crippen molar-refractivity contribution < 1.29 is 28.1 Å². The van der Waals surface area contributed by atoms with E-state index in [0.29, 0.717) is 38.6 Å². The molecule has 1 amide bonds. The van der Waals surface area contributed by atoms with Crippen molar-refractivity contribution in [3.63, 3.8) is 0 Å². The topological polar surface area (TPSA) is 173 Å². The van der Waals surface area contributed by atoms with Gasteiger partial charge in [0.1, 0.15) is 5.58 Å². The molecule has 5 rings (SSSR count). The van der Waals surface area contributed by atoms with Crippen molar-refractivity contribution in [3.8, 4) is 11.8 Å². The quantitative estimate of drug-likeness (QED) is 0.237. The molecule has 2 unspecified atom stereocenters. The number of rotatable bonds is 5. The Morgan fingerprint density at radius 3 is 2.77 bits per heavy atom. The summed E-state index contributed by atoms with van der Waals surface area (Å²) in [6.07, 6.45) is 0. The van der Waals surface area contributed by atoms with Crippen LogP contribution in [0, 0.1) is 21.4 Å². The zero-order valence-corrected chi connectivity index (χ0v) is 18.8. The fourth-order valence-electron chi connectivity index (χ4n) is 4.46. The van der Waals surface area contributed by atoms with Crippen LogP contribution >= 0.6 is 8.25 Å². The van der Waals surface area contributed by atoms with Crippen LogP contribution in [0.15, 0.2) is 52.9 Å². The van der Waals surface area contributed by atoms with Crippen LogP contribution in [0.3, 0.4) is 0 Å². The van der Waals surface area contributed by atoms with E-state index in [2.05, 4.69) is 6.07 Å². The fraction of sp³-hybridized carbons (Fsp3) is 0.130. The van der Waals surface area contributed by atoms with Crippen molar-refractivity contribution >= 4 is 47.3 Å². The van der Waals surface area contributed by atoms with Gasteiger partial charge in [0.05, 0.1) is 22.2 Å². The van der Waals surface area contributed by atoms with E-state index in [0.717, 1.165) is 0 Å². The number of nitriles is 1. The minimum atomic E-state index is -3.00. The molecular formula is C23H16N4O7P+. The Morgan fingerprint density at radius 2 is 2.09 bits per heavy atom. The molecule has 174 valence electrons. The molecule has 12 heteroatoms. The smallest absolute Gasteiger partial charge is 0.451 e. The normalized spacial score (nSPS) is 15.2. The minimum absolute atomic E-state index is 0.0364. The van der Waals surface area contributed by atoms with Gasteiger partial charge in [-0.25, -0.2) is 4.52 Å². The van der Waals surface area contributed by atoms with Crippen molar-refractivity contribution in [1.82, 2.24) is 0 Å². The van der Waals surface area contributed by atoms with Crippen molar-refractivity contribution in [2.45, 2.75) is 5.92 Å². The molecule has 3 N–H and O–H groups in total. The zero-order chi connectivity index (χ0) is 24.9. The first-order valence-corrected chi connectivity index (χ1v) is 11.5. The third kappa shape index (κ3) is 3.76. The van der Waals surface area contributed by atoms with Crippen molar-refractivity contribution in [2.75, 3.05) is 18.0 Å². The van der Waals surface area contributed by atoms with Gasteiger partial charge >= 0.3 is 8.25 Å². The van der Waals surface area contributed by atoms with E-state index in [-0.39, 0.29) is 36.2 Å². The van der Waals surface area contributed by atoms with E-state index in [4.69, 9.17) is 14.7 Å². The summed E-state index contributed by atoms with van der Waals surface area (Å²) in [5, 5.41) is 21.9. The Kier molecular flexibility index (Phi) is 5.42. The molecule has 0 bridgehead atoms. The number of nitrogens with zero attached hydrogens (tertiary/aromatic N) is 3. The Balaban J connectivity index is 1.66. The van der Waals surface area contributed by atoms with E-state index in [1.165, 1.54) is 35.2 Å². The maximum atomic E-state index is 13.5. The summed E-state index contributed by atoms with van der Waals surface area (Å²) in [6.45, 7) is 0.395. The van der Waals surface area contributed by atoms with E-state index in [9.17, 15) is 29.6 Å². The van der Waals surface area contributed by atoms with Crippen LogP contribution in [-0.4, -0.2) is 28.8 Å². The highest BCUT2D eigenvalue weighted by Gasteiger charge is 2.37.